The van der Waals surface area contributed by atoms with Crippen molar-refractivity contribution in [1.82, 2.24) is 0 Å². The van der Waals surface area contributed by atoms with E-state index in [-0.39, 0.29) is 12.1 Å². The first-order valence-electron chi connectivity index (χ1n) is 7.63. The molecule has 0 bridgehead atoms. The Bertz CT molecular complexity index is 636. The maximum Gasteiger partial charge on any atom is 0.351 e. The molecule has 1 atom stereocenters. The second-order valence-corrected chi connectivity index (χ2v) is 6.09. The molecule has 0 spiro atoms. The van der Waals surface area contributed by atoms with Crippen molar-refractivity contribution < 1.29 is 13.9 Å². The summed E-state index contributed by atoms with van der Waals surface area (Å²) in [4.78, 5) is 22.4. The molecule has 0 radical (unpaired) electrons. The molecule has 0 saturated heterocycles. The minimum Gasteiger partial charge on any atom is -0.460 e. The van der Waals surface area contributed by atoms with Crippen molar-refractivity contribution in [2.45, 2.75) is 51.6 Å². The van der Waals surface area contributed by atoms with Gasteiger partial charge in [0.15, 0.2) is 0 Å². The standard InChI is InChI=1S/C18H21BrO4/c1-3-17(20)23-14(2)10-8-6-4-5-7-9-11-15-12-16(19)13-22-18(15)21/h3,12-14H,1,4-8,10H2,2H3/t14-/m1/s1. The third-order valence-electron chi connectivity index (χ3n) is 3.15. The number of carbonyl (C=O) groups excluding carboxylic acids is 1. The zero-order valence-corrected chi connectivity index (χ0v) is 14.9. The predicted molar refractivity (Wildman–Crippen MR) is 93.0 cm³/mol. The van der Waals surface area contributed by atoms with E-state index in [4.69, 9.17) is 9.15 Å². The van der Waals surface area contributed by atoms with Gasteiger partial charge in [-0.3, -0.25) is 0 Å². The van der Waals surface area contributed by atoms with E-state index in [9.17, 15) is 9.59 Å². The quantitative estimate of drug-likeness (QED) is 0.293. The molecular formula is C18H21BrO4. The number of esters is 1. The van der Waals surface area contributed by atoms with Crippen LogP contribution in [0.4, 0.5) is 0 Å². The summed E-state index contributed by atoms with van der Waals surface area (Å²) in [6, 6.07) is 1.66. The second kappa shape index (κ2) is 10.8. The molecule has 1 heterocycles. The van der Waals surface area contributed by atoms with Gasteiger partial charge in [0.25, 0.3) is 0 Å². The monoisotopic (exact) mass is 380 g/mol. The molecule has 0 saturated carbocycles. The van der Waals surface area contributed by atoms with E-state index >= 15 is 0 Å². The van der Waals surface area contributed by atoms with Crippen molar-refractivity contribution in [2.75, 3.05) is 0 Å². The van der Waals surface area contributed by atoms with Crippen molar-refractivity contribution >= 4 is 21.9 Å². The van der Waals surface area contributed by atoms with Crippen LogP contribution in [0.25, 0.3) is 0 Å². The van der Waals surface area contributed by atoms with E-state index in [0.29, 0.717) is 10.0 Å². The minimum absolute atomic E-state index is 0.0731. The SMILES string of the molecule is C=CC(=O)O[C@H](C)CCCCCCC#Cc1cc(Br)coc1=O. The van der Waals surface area contributed by atoms with Gasteiger partial charge in [-0.15, -0.1) is 0 Å². The zero-order valence-electron chi connectivity index (χ0n) is 13.3. The van der Waals surface area contributed by atoms with Crippen molar-refractivity contribution in [2.24, 2.45) is 0 Å². The van der Waals surface area contributed by atoms with Gasteiger partial charge in [-0.05, 0) is 48.2 Å². The topological polar surface area (TPSA) is 56.5 Å². The van der Waals surface area contributed by atoms with Crippen LogP contribution in [0.5, 0.6) is 0 Å². The van der Waals surface area contributed by atoms with Crippen LogP contribution in [0.15, 0.2) is 38.7 Å². The van der Waals surface area contributed by atoms with Crippen LogP contribution in [-0.4, -0.2) is 12.1 Å². The van der Waals surface area contributed by atoms with E-state index in [0.717, 1.165) is 38.5 Å². The molecule has 0 aromatic carbocycles. The lowest BCUT2D eigenvalue weighted by atomic mass is 10.1. The summed E-state index contributed by atoms with van der Waals surface area (Å²) in [7, 11) is 0. The molecule has 23 heavy (non-hydrogen) atoms. The third kappa shape index (κ3) is 8.41. The Morgan fingerprint density at radius 3 is 2.91 bits per heavy atom. The van der Waals surface area contributed by atoms with Crippen molar-refractivity contribution in [3.63, 3.8) is 0 Å². The molecule has 0 aliphatic rings. The molecule has 0 unspecified atom stereocenters. The molecule has 4 nitrogen and oxygen atoms in total. The molecule has 124 valence electrons. The summed E-state index contributed by atoms with van der Waals surface area (Å²) < 4.78 is 10.6. The van der Waals surface area contributed by atoms with Crippen LogP contribution in [0.3, 0.4) is 0 Å². The molecule has 0 aliphatic heterocycles. The Morgan fingerprint density at radius 1 is 1.43 bits per heavy atom. The highest BCUT2D eigenvalue weighted by atomic mass is 79.9. The lowest BCUT2D eigenvalue weighted by molar-refractivity contribution is -0.142. The number of hydrogen-bond acceptors (Lipinski definition) is 4. The molecule has 0 amide bonds. The van der Waals surface area contributed by atoms with Crippen molar-refractivity contribution in [3.05, 3.63) is 45.4 Å². The van der Waals surface area contributed by atoms with Gasteiger partial charge < -0.3 is 9.15 Å². The molecule has 0 fully saturated rings. The fourth-order valence-corrected chi connectivity index (χ4v) is 2.28. The molecular weight excluding hydrogens is 360 g/mol. The molecule has 5 heteroatoms. The lowest BCUT2D eigenvalue weighted by Gasteiger charge is -2.11. The van der Waals surface area contributed by atoms with Gasteiger partial charge in [0.2, 0.25) is 0 Å². The fourth-order valence-electron chi connectivity index (χ4n) is 1.95. The highest BCUT2D eigenvalue weighted by molar-refractivity contribution is 9.10. The van der Waals surface area contributed by atoms with Gasteiger partial charge in [-0.25, -0.2) is 9.59 Å². The molecule has 1 aromatic heterocycles. The van der Waals surface area contributed by atoms with Gasteiger partial charge >= 0.3 is 11.6 Å². The van der Waals surface area contributed by atoms with Crippen LogP contribution in [0.1, 0.15) is 51.0 Å². The Balaban J connectivity index is 2.16. The van der Waals surface area contributed by atoms with Gasteiger partial charge in [-0.1, -0.05) is 31.3 Å². The lowest BCUT2D eigenvalue weighted by Crippen LogP contribution is -2.12. The van der Waals surface area contributed by atoms with Crippen LogP contribution in [0.2, 0.25) is 0 Å². The van der Waals surface area contributed by atoms with Gasteiger partial charge in [0, 0.05) is 12.5 Å². The largest absolute Gasteiger partial charge is 0.460 e. The normalized spacial score (nSPS) is 11.2. The number of rotatable bonds is 8. The Hall–Kier alpha value is -1.80. The average molecular weight is 381 g/mol. The van der Waals surface area contributed by atoms with Crippen molar-refractivity contribution in [1.29, 1.82) is 0 Å². The zero-order chi connectivity index (χ0) is 17.1. The maximum absolute atomic E-state index is 11.4. The number of ether oxygens (including phenoxy) is 1. The summed E-state index contributed by atoms with van der Waals surface area (Å²) in [6.07, 6.45) is 8.16. The number of carbonyl (C=O) groups is 1. The first-order chi connectivity index (χ1) is 11.0. The van der Waals surface area contributed by atoms with E-state index in [2.05, 4.69) is 34.3 Å². The van der Waals surface area contributed by atoms with Crippen LogP contribution >= 0.6 is 15.9 Å². The smallest absolute Gasteiger partial charge is 0.351 e. The van der Waals surface area contributed by atoms with E-state index in [1.165, 1.54) is 12.3 Å². The summed E-state index contributed by atoms with van der Waals surface area (Å²) in [5.41, 5.74) is -0.0407. The summed E-state index contributed by atoms with van der Waals surface area (Å²) in [5, 5.41) is 0. The third-order valence-corrected chi connectivity index (χ3v) is 3.57. The first kappa shape index (κ1) is 19.2. The fraction of sp³-hybridized carbons (Fsp3) is 0.444. The van der Waals surface area contributed by atoms with E-state index in [1.807, 2.05) is 6.92 Å². The summed E-state index contributed by atoms with van der Waals surface area (Å²) >= 11 is 3.24. The summed E-state index contributed by atoms with van der Waals surface area (Å²) in [5.74, 6) is 5.46. The second-order valence-electron chi connectivity index (χ2n) is 5.17. The van der Waals surface area contributed by atoms with Crippen LogP contribution in [0, 0.1) is 11.8 Å². The minimum atomic E-state index is -0.413. The van der Waals surface area contributed by atoms with Crippen molar-refractivity contribution in [3.8, 4) is 11.8 Å². The molecule has 0 N–H and O–H groups in total. The molecule has 1 rings (SSSR count). The average Bonchev–Trinajstić information content (AvgIpc) is 2.52. The van der Waals surface area contributed by atoms with Gasteiger partial charge in [-0.2, -0.15) is 0 Å². The van der Waals surface area contributed by atoms with E-state index < -0.39 is 5.63 Å². The predicted octanol–water partition coefficient (Wildman–Crippen LogP) is 4.21. The van der Waals surface area contributed by atoms with Crippen LogP contribution < -0.4 is 5.63 Å². The van der Waals surface area contributed by atoms with E-state index in [1.54, 1.807) is 6.07 Å². The number of halogens is 1. The highest BCUT2D eigenvalue weighted by Crippen LogP contribution is 2.10. The molecule has 1 aromatic rings. The number of hydrogen-bond donors (Lipinski definition) is 0. The van der Waals surface area contributed by atoms with Gasteiger partial charge in [0.05, 0.1) is 10.6 Å². The highest BCUT2D eigenvalue weighted by Gasteiger charge is 2.05. The maximum atomic E-state index is 11.4. The number of unbranched alkanes of at least 4 members (excludes halogenated alkanes) is 4. The summed E-state index contributed by atoms with van der Waals surface area (Å²) in [6.45, 7) is 5.25. The Morgan fingerprint density at radius 2 is 2.17 bits per heavy atom. The first-order valence-corrected chi connectivity index (χ1v) is 8.42. The molecule has 0 aliphatic carbocycles. The Kier molecular flexibility index (Phi) is 9.08. The Labute approximate surface area is 145 Å². The van der Waals surface area contributed by atoms with Crippen LogP contribution in [-0.2, 0) is 9.53 Å². The van der Waals surface area contributed by atoms with Gasteiger partial charge in [0.1, 0.15) is 11.8 Å².